The van der Waals surface area contributed by atoms with Crippen LogP contribution in [-0.4, -0.2) is 0 Å². The lowest BCUT2D eigenvalue weighted by molar-refractivity contribution is 0.798. The number of fused-ring (bicyclic) bond motifs is 2. The Kier molecular flexibility index (Phi) is 3.72. The van der Waals surface area contributed by atoms with Gasteiger partial charge in [-0.25, -0.2) is 0 Å². The van der Waals surface area contributed by atoms with Crippen LogP contribution in [0.3, 0.4) is 0 Å². The monoisotopic (exact) mass is 290 g/mol. The largest absolute Gasteiger partial charge is 0.0587 e. The van der Waals surface area contributed by atoms with Crippen molar-refractivity contribution in [3.05, 3.63) is 58.7 Å². The summed E-state index contributed by atoms with van der Waals surface area (Å²) in [5, 5.41) is 5.55. The van der Waals surface area contributed by atoms with Crippen LogP contribution in [0.1, 0.15) is 61.8 Å². The summed E-state index contributed by atoms with van der Waals surface area (Å²) in [7, 11) is 0. The van der Waals surface area contributed by atoms with Crippen molar-refractivity contribution in [1.29, 1.82) is 0 Å². The van der Waals surface area contributed by atoms with Crippen LogP contribution in [-0.2, 0) is 0 Å². The Labute approximate surface area is 134 Å². The minimum atomic E-state index is 0.546. The highest BCUT2D eigenvalue weighted by molar-refractivity contribution is 6.01. The van der Waals surface area contributed by atoms with Crippen LogP contribution >= 0.6 is 0 Å². The van der Waals surface area contributed by atoms with Crippen molar-refractivity contribution in [3.8, 4) is 0 Å². The summed E-state index contributed by atoms with van der Waals surface area (Å²) >= 11 is 0. The van der Waals surface area contributed by atoms with Gasteiger partial charge >= 0.3 is 0 Å². The zero-order valence-corrected chi connectivity index (χ0v) is 14.6. The predicted octanol–water partition coefficient (Wildman–Crippen LogP) is 6.86. The average molecular weight is 290 g/mol. The Morgan fingerprint density at radius 3 is 1.91 bits per heavy atom. The Bertz CT molecular complexity index is 851. The fraction of sp³-hybridized carbons (Fsp3) is 0.364. The molecule has 0 N–H and O–H groups in total. The van der Waals surface area contributed by atoms with Crippen molar-refractivity contribution in [3.63, 3.8) is 0 Å². The summed E-state index contributed by atoms with van der Waals surface area (Å²) in [5.41, 5.74) is 5.78. The van der Waals surface area contributed by atoms with Gasteiger partial charge in [-0.1, -0.05) is 52.0 Å². The number of benzene rings is 3. The highest BCUT2D eigenvalue weighted by atomic mass is 14.2. The van der Waals surface area contributed by atoms with E-state index in [1.165, 1.54) is 43.8 Å². The molecule has 114 valence electrons. The molecule has 0 fully saturated rings. The van der Waals surface area contributed by atoms with Gasteiger partial charge in [-0.05, 0) is 81.6 Å². The van der Waals surface area contributed by atoms with Crippen LogP contribution in [0.5, 0.6) is 0 Å². The molecule has 0 amide bonds. The van der Waals surface area contributed by atoms with Gasteiger partial charge in [-0.3, -0.25) is 0 Å². The Balaban J connectivity index is 2.44. The molecule has 0 nitrogen and oxygen atoms in total. The van der Waals surface area contributed by atoms with E-state index in [4.69, 9.17) is 0 Å². The van der Waals surface area contributed by atoms with E-state index in [1.54, 1.807) is 0 Å². The third kappa shape index (κ3) is 2.31. The summed E-state index contributed by atoms with van der Waals surface area (Å²) in [6.07, 6.45) is 0. The molecular weight excluding hydrogens is 264 g/mol. The second kappa shape index (κ2) is 5.43. The van der Waals surface area contributed by atoms with Crippen LogP contribution < -0.4 is 0 Å². The Morgan fingerprint density at radius 1 is 0.682 bits per heavy atom. The number of aryl methyl sites for hydroxylation is 2. The molecule has 0 bridgehead atoms. The van der Waals surface area contributed by atoms with Gasteiger partial charge in [0.15, 0.2) is 0 Å². The van der Waals surface area contributed by atoms with E-state index in [9.17, 15) is 0 Å². The standard InChI is InChI=1S/C22H26/c1-13(2)19-10-9-18-11-20-16(6)15(5)7-8-17(20)12-21(18)22(19)14(3)4/h7-14H,1-6H3. The van der Waals surface area contributed by atoms with Gasteiger partial charge in [0.05, 0.1) is 0 Å². The summed E-state index contributed by atoms with van der Waals surface area (Å²) in [6.45, 7) is 13.6. The van der Waals surface area contributed by atoms with Crippen LogP contribution in [0, 0.1) is 13.8 Å². The van der Waals surface area contributed by atoms with Gasteiger partial charge < -0.3 is 0 Å². The summed E-state index contributed by atoms with van der Waals surface area (Å²) in [6, 6.07) is 13.9. The van der Waals surface area contributed by atoms with Gasteiger partial charge in [-0.15, -0.1) is 0 Å². The zero-order chi connectivity index (χ0) is 16.0. The van der Waals surface area contributed by atoms with Crippen LogP contribution in [0.4, 0.5) is 0 Å². The molecule has 22 heavy (non-hydrogen) atoms. The van der Waals surface area contributed by atoms with E-state index in [-0.39, 0.29) is 0 Å². The third-order valence-corrected chi connectivity index (χ3v) is 4.97. The van der Waals surface area contributed by atoms with Crippen molar-refractivity contribution in [2.75, 3.05) is 0 Å². The minimum absolute atomic E-state index is 0.546. The molecule has 0 aliphatic carbocycles. The quantitative estimate of drug-likeness (QED) is 0.452. The summed E-state index contributed by atoms with van der Waals surface area (Å²) in [5.74, 6) is 1.11. The van der Waals surface area contributed by atoms with Gasteiger partial charge in [0.2, 0.25) is 0 Å². The molecule has 3 rings (SSSR count). The molecule has 0 aromatic heterocycles. The maximum atomic E-state index is 2.40. The van der Waals surface area contributed by atoms with Crippen molar-refractivity contribution >= 4 is 21.5 Å². The number of hydrogen-bond donors (Lipinski definition) is 0. The predicted molar refractivity (Wildman–Crippen MR) is 99.1 cm³/mol. The lowest BCUT2D eigenvalue weighted by atomic mass is 9.85. The lowest BCUT2D eigenvalue weighted by Crippen LogP contribution is -2.00. The molecule has 0 radical (unpaired) electrons. The fourth-order valence-corrected chi connectivity index (χ4v) is 3.59. The van der Waals surface area contributed by atoms with E-state index in [0.717, 1.165) is 0 Å². The highest BCUT2D eigenvalue weighted by Crippen LogP contribution is 2.36. The first-order chi connectivity index (χ1) is 10.4. The van der Waals surface area contributed by atoms with Crippen LogP contribution in [0.2, 0.25) is 0 Å². The molecule has 0 spiro atoms. The Morgan fingerprint density at radius 2 is 1.27 bits per heavy atom. The number of rotatable bonds is 2. The van der Waals surface area contributed by atoms with E-state index < -0.39 is 0 Å². The maximum Gasteiger partial charge on any atom is -0.0140 e. The SMILES string of the molecule is Cc1ccc2cc3c(C(C)C)c(C(C)C)ccc3cc2c1C. The summed E-state index contributed by atoms with van der Waals surface area (Å²) < 4.78 is 0. The van der Waals surface area contributed by atoms with Gasteiger partial charge in [0.1, 0.15) is 0 Å². The Hall–Kier alpha value is -1.82. The number of hydrogen-bond acceptors (Lipinski definition) is 0. The first-order valence-electron chi connectivity index (χ1n) is 8.36. The van der Waals surface area contributed by atoms with Crippen LogP contribution in [0.25, 0.3) is 21.5 Å². The molecule has 3 aromatic rings. The molecule has 0 saturated heterocycles. The maximum absolute atomic E-state index is 2.40. The lowest BCUT2D eigenvalue weighted by Gasteiger charge is -2.20. The van der Waals surface area contributed by atoms with Crippen molar-refractivity contribution in [1.82, 2.24) is 0 Å². The second-order valence-corrected chi connectivity index (χ2v) is 7.18. The minimum Gasteiger partial charge on any atom is -0.0587 e. The molecule has 0 unspecified atom stereocenters. The molecule has 3 aromatic carbocycles. The zero-order valence-electron chi connectivity index (χ0n) is 14.6. The molecule has 0 heterocycles. The average Bonchev–Trinajstić information content (AvgIpc) is 2.48. The van der Waals surface area contributed by atoms with Crippen molar-refractivity contribution in [2.45, 2.75) is 53.4 Å². The molecular formula is C22H26. The third-order valence-electron chi connectivity index (χ3n) is 4.97. The molecule has 0 aliphatic rings. The van der Waals surface area contributed by atoms with Crippen LogP contribution in [0.15, 0.2) is 36.4 Å². The van der Waals surface area contributed by atoms with Gasteiger partial charge in [0, 0.05) is 0 Å². The second-order valence-electron chi connectivity index (χ2n) is 7.18. The van der Waals surface area contributed by atoms with Gasteiger partial charge in [0.25, 0.3) is 0 Å². The smallest absolute Gasteiger partial charge is 0.0140 e. The van der Waals surface area contributed by atoms with E-state index in [0.29, 0.717) is 11.8 Å². The van der Waals surface area contributed by atoms with E-state index in [1.807, 2.05) is 0 Å². The topological polar surface area (TPSA) is 0 Å². The van der Waals surface area contributed by atoms with E-state index in [2.05, 4.69) is 77.9 Å². The molecule has 0 aliphatic heterocycles. The fourth-order valence-electron chi connectivity index (χ4n) is 3.59. The van der Waals surface area contributed by atoms with E-state index >= 15 is 0 Å². The first kappa shape index (κ1) is 15.1. The van der Waals surface area contributed by atoms with Crippen molar-refractivity contribution in [2.24, 2.45) is 0 Å². The highest BCUT2D eigenvalue weighted by Gasteiger charge is 2.14. The van der Waals surface area contributed by atoms with Gasteiger partial charge in [-0.2, -0.15) is 0 Å². The molecule has 0 atom stereocenters. The summed E-state index contributed by atoms with van der Waals surface area (Å²) in [4.78, 5) is 0. The normalized spacial score (nSPS) is 12.0. The first-order valence-corrected chi connectivity index (χ1v) is 8.36. The van der Waals surface area contributed by atoms with Crippen molar-refractivity contribution < 1.29 is 0 Å². The molecule has 0 saturated carbocycles. The molecule has 0 heteroatoms.